The van der Waals surface area contributed by atoms with Crippen LogP contribution < -0.4 is 11.1 Å². The van der Waals surface area contributed by atoms with E-state index in [1.165, 1.54) is 0 Å². The van der Waals surface area contributed by atoms with E-state index in [1.54, 1.807) is 0 Å². The highest BCUT2D eigenvalue weighted by Gasteiger charge is 2.46. The number of ether oxygens (including phenoxy) is 1. The van der Waals surface area contributed by atoms with Crippen LogP contribution in [0.5, 0.6) is 0 Å². The fourth-order valence-corrected chi connectivity index (χ4v) is 3.20. The third-order valence-electron chi connectivity index (χ3n) is 4.38. The highest BCUT2D eigenvalue weighted by atomic mass is 32.1. The van der Waals surface area contributed by atoms with Crippen LogP contribution in [0.2, 0.25) is 0 Å². The highest BCUT2D eigenvalue weighted by molar-refractivity contribution is 7.80. The molecule has 2 aliphatic rings. The molecule has 1 aliphatic heterocycles. The lowest BCUT2D eigenvalue weighted by atomic mass is 9.82. The highest BCUT2D eigenvalue weighted by Crippen LogP contribution is 2.39. The normalized spacial score (nSPS) is 25.6. The van der Waals surface area contributed by atoms with Crippen molar-refractivity contribution in [2.45, 2.75) is 51.0 Å². The first-order valence-corrected chi connectivity index (χ1v) is 7.10. The average molecular weight is 270 g/mol. The summed E-state index contributed by atoms with van der Waals surface area (Å²) < 4.78 is 5.34. The smallest absolute Gasteiger partial charge is 0.233 e. The van der Waals surface area contributed by atoms with Crippen LogP contribution in [0.15, 0.2) is 0 Å². The second-order valence-electron chi connectivity index (χ2n) is 5.78. The van der Waals surface area contributed by atoms with E-state index in [9.17, 15) is 4.79 Å². The number of amides is 1. The lowest BCUT2D eigenvalue weighted by Gasteiger charge is -2.38. The Morgan fingerprint density at radius 1 is 1.22 bits per heavy atom. The molecule has 1 saturated carbocycles. The van der Waals surface area contributed by atoms with Gasteiger partial charge in [-0.15, -0.1) is 0 Å². The Balaban J connectivity index is 2.08. The number of carbonyl (C=O) groups excluding carboxylic acids is 1. The number of thiocarbonyl (C=S) groups is 1. The van der Waals surface area contributed by atoms with Gasteiger partial charge in [-0.25, -0.2) is 0 Å². The molecule has 0 radical (unpaired) electrons. The van der Waals surface area contributed by atoms with E-state index in [1.807, 2.05) is 0 Å². The molecule has 2 rings (SSSR count). The quantitative estimate of drug-likeness (QED) is 0.763. The third-order valence-corrected chi connectivity index (χ3v) is 4.77. The number of nitrogens with one attached hydrogen (secondary N) is 1. The average Bonchev–Trinajstić information content (AvgIpc) is 2.79. The first-order valence-electron chi connectivity index (χ1n) is 6.69. The van der Waals surface area contributed by atoms with Gasteiger partial charge in [0, 0.05) is 18.8 Å². The predicted octanol–water partition coefficient (Wildman–Crippen LogP) is 1.52. The first-order chi connectivity index (χ1) is 8.49. The molecule has 0 aromatic heterocycles. The first kappa shape index (κ1) is 13.7. The Bertz CT molecular complexity index is 345. The summed E-state index contributed by atoms with van der Waals surface area (Å²) in [4.78, 5) is 12.9. The molecule has 2 fully saturated rings. The number of hydrogen-bond donors (Lipinski definition) is 2. The van der Waals surface area contributed by atoms with Gasteiger partial charge in [-0.1, -0.05) is 25.1 Å². The van der Waals surface area contributed by atoms with Crippen molar-refractivity contribution in [3.8, 4) is 0 Å². The monoisotopic (exact) mass is 270 g/mol. The summed E-state index contributed by atoms with van der Waals surface area (Å²) in [5.41, 5.74) is 5.06. The zero-order chi connectivity index (χ0) is 13.2. The van der Waals surface area contributed by atoms with Crippen molar-refractivity contribution in [2.24, 2.45) is 11.1 Å². The van der Waals surface area contributed by atoms with Crippen LogP contribution in [0.25, 0.3) is 0 Å². The zero-order valence-corrected chi connectivity index (χ0v) is 11.8. The molecule has 5 heteroatoms. The molecule has 102 valence electrons. The maximum atomic E-state index is 12.6. The van der Waals surface area contributed by atoms with Gasteiger partial charge < -0.3 is 15.8 Å². The van der Waals surface area contributed by atoms with Crippen molar-refractivity contribution in [1.29, 1.82) is 0 Å². The molecule has 1 saturated heterocycles. The van der Waals surface area contributed by atoms with Gasteiger partial charge in [-0.2, -0.15) is 0 Å². The Kier molecular flexibility index (Phi) is 3.92. The standard InChI is InChI=1S/C13H22N2O2S/c1-12(6-8-17-9-7-12)15-11(16)13(10(14)18)4-2-3-5-13/h2-9H2,1H3,(H2,14,18)(H,15,16). The van der Waals surface area contributed by atoms with Crippen molar-refractivity contribution < 1.29 is 9.53 Å². The predicted molar refractivity (Wildman–Crippen MR) is 74.3 cm³/mol. The molecular formula is C13H22N2O2S. The molecule has 0 unspecified atom stereocenters. The summed E-state index contributed by atoms with van der Waals surface area (Å²) in [6.07, 6.45) is 5.36. The zero-order valence-electron chi connectivity index (χ0n) is 11.0. The Labute approximate surface area is 114 Å². The van der Waals surface area contributed by atoms with Gasteiger partial charge in [0.15, 0.2) is 0 Å². The SMILES string of the molecule is CC1(NC(=O)C2(C(N)=S)CCCC2)CCOCC1. The molecular weight excluding hydrogens is 248 g/mol. The molecule has 0 bridgehead atoms. The van der Waals surface area contributed by atoms with Crippen molar-refractivity contribution in [1.82, 2.24) is 5.32 Å². The molecule has 0 aromatic carbocycles. The molecule has 4 nitrogen and oxygen atoms in total. The van der Waals surface area contributed by atoms with Crippen LogP contribution in [0, 0.1) is 5.41 Å². The molecule has 3 N–H and O–H groups in total. The van der Waals surface area contributed by atoms with Gasteiger partial charge in [0.2, 0.25) is 5.91 Å². The number of rotatable bonds is 3. The minimum Gasteiger partial charge on any atom is -0.392 e. The van der Waals surface area contributed by atoms with E-state index >= 15 is 0 Å². The van der Waals surface area contributed by atoms with E-state index < -0.39 is 5.41 Å². The minimum absolute atomic E-state index is 0.0249. The lowest BCUT2D eigenvalue weighted by Crippen LogP contribution is -2.56. The summed E-state index contributed by atoms with van der Waals surface area (Å²) in [7, 11) is 0. The third kappa shape index (κ3) is 2.52. The lowest BCUT2D eigenvalue weighted by molar-refractivity contribution is -0.130. The Morgan fingerprint density at radius 3 is 2.28 bits per heavy atom. The maximum absolute atomic E-state index is 12.6. The molecule has 0 aromatic rings. The second kappa shape index (κ2) is 5.13. The molecule has 1 amide bonds. The number of hydrogen-bond acceptors (Lipinski definition) is 3. The topological polar surface area (TPSA) is 64.4 Å². The van der Waals surface area contributed by atoms with Gasteiger partial charge >= 0.3 is 0 Å². The molecule has 1 heterocycles. The van der Waals surface area contributed by atoms with Crippen LogP contribution in [-0.4, -0.2) is 29.6 Å². The summed E-state index contributed by atoms with van der Waals surface area (Å²) in [6.45, 7) is 3.49. The Morgan fingerprint density at radius 2 is 1.78 bits per heavy atom. The molecule has 1 aliphatic carbocycles. The Hall–Kier alpha value is -0.680. The van der Waals surface area contributed by atoms with E-state index in [0.717, 1.165) is 38.5 Å². The molecule has 0 atom stereocenters. The fourth-order valence-electron chi connectivity index (χ4n) is 2.90. The van der Waals surface area contributed by atoms with Gasteiger partial charge in [0.1, 0.15) is 0 Å². The molecule has 0 spiro atoms. The minimum atomic E-state index is -0.601. The van der Waals surface area contributed by atoms with Crippen LogP contribution in [0.1, 0.15) is 45.4 Å². The van der Waals surface area contributed by atoms with Crippen LogP contribution >= 0.6 is 12.2 Å². The summed E-state index contributed by atoms with van der Waals surface area (Å²) >= 11 is 5.14. The largest absolute Gasteiger partial charge is 0.392 e. The van der Waals surface area contributed by atoms with E-state index in [0.29, 0.717) is 18.2 Å². The van der Waals surface area contributed by atoms with Crippen molar-refractivity contribution in [3.63, 3.8) is 0 Å². The fraction of sp³-hybridized carbons (Fsp3) is 0.846. The van der Waals surface area contributed by atoms with Crippen molar-refractivity contribution >= 4 is 23.1 Å². The van der Waals surface area contributed by atoms with Crippen LogP contribution in [-0.2, 0) is 9.53 Å². The summed E-state index contributed by atoms with van der Waals surface area (Å²) in [6, 6.07) is 0. The number of nitrogens with two attached hydrogens (primary N) is 1. The maximum Gasteiger partial charge on any atom is 0.233 e. The van der Waals surface area contributed by atoms with Crippen LogP contribution in [0.3, 0.4) is 0 Å². The van der Waals surface area contributed by atoms with E-state index in [4.69, 9.17) is 22.7 Å². The van der Waals surface area contributed by atoms with Gasteiger partial charge in [0.05, 0.1) is 10.4 Å². The second-order valence-corrected chi connectivity index (χ2v) is 6.22. The van der Waals surface area contributed by atoms with Crippen molar-refractivity contribution in [3.05, 3.63) is 0 Å². The summed E-state index contributed by atoms with van der Waals surface area (Å²) in [5.74, 6) is 0.0249. The van der Waals surface area contributed by atoms with E-state index in [-0.39, 0.29) is 11.4 Å². The molecule has 18 heavy (non-hydrogen) atoms. The number of carbonyl (C=O) groups is 1. The van der Waals surface area contributed by atoms with E-state index in [2.05, 4.69) is 12.2 Å². The van der Waals surface area contributed by atoms with Gasteiger partial charge in [-0.05, 0) is 32.6 Å². The van der Waals surface area contributed by atoms with Gasteiger partial charge in [-0.3, -0.25) is 4.79 Å². The van der Waals surface area contributed by atoms with Gasteiger partial charge in [0.25, 0.3) is 0 Å². The van der Waals surface area contributed by atoms with Crippen molar-refractivity contribution in [2.75, 3.05) is 13.2 Å². The summed E-state index contributed by atoms with van der Waals surface area (Å²) in [5, 5.41) is 3.17. The van der Waals surface area contributed by atoms with Crippen LogP contribution in [0.4, 0.5) is 0 Å².